The summed E-state index contributed by atoms with van der Waals surface area (Å²) in [4.78, 5) is 17.1. The summed E-state index contributed by atoms with van der Waals surface area (Å²) < 4.78 is 10.6. The number of methoxy groups -OCH3 is 2. The van der Waals surface area contributed by atoms with Gasteiger partial charge in [-0.2, -0.15) is 0 Å². The minimum Gasteiger partial charge on any atom is -0.493 e. The number of carbonyl (C=O) groups is 1. The topological polar surface area (TPSA) is 42.0 Å². The summed E-state index contributed by atoms with van der Waals surface area (Å²) in [5, 5.41) is 0. The molecule has 0 spiro atoms. The summed E-state index contributed by atoms with van der Waals surface area (Å²) in [6.07, 6.45) is 0.396. The lowest BCUT2D eigenvalue weighted by molar-refractivity contribution is -0.136. The number of piperazine rings is 1. The number of nitrogens with zero attached hydrogens (tertiary/aromatic N) is 2. The first-order valence-electron chi connectivity index (χ1n) is 8.15. The third-order valence-electron chi connectivity index (χ3n) is 4.51. The first-order chi connectivity index (χ1) is 11.0. The van der Waals surface area contributed by atoms with Crippen LogP contribution in [-0.4, -0.2) is 62.7 Å². The lowest BCUT2D eigenvalue weighted by Crippen LogP contribution is -2.56. The van der Waals surface area contributed by atoms with Crippen LogP contribution in [0.2, 0.25) is 0 Å². The molecule has 5 heteroatoms. The highest BCUT2D eigenvalue weighted by Crippen LogP contribution is 2.28. The minimum absolute atomic E-state index is 0.184. The molecule has 1 fully saturated rings. The van der Waals surface area contributed by atoms with Gasteiger partial charge in [0.1, 0.15) is 0 Å². The predicted molar refractivity (Wildman–Crippen MR) is 91.1 cm³/mol. The molecule has 1 amide bonds. The minimum atomic E-state index is 0.184. The maximum atomic E-state index is 12.8. The van der Waals surface area contributed by atoms with Crippen molar-refractivity contribution in [2.45, 2.75) is 26.3 Å². The standard InChI is InChI=1S/C18H28N2O3/c1-13(2)15-12-19(3)8-9-20(15)18(21)11-14-6-7-16(22-4)17(10-14)23-5/h6-7,10,13,15H,8-9,11-12H2,1-5H3. The molecule has 1 aliphatic rings. The van der Waals surface area contributed by atoms with Gasteiger partial charge in [-0.15, -0.1) is 0 Å². The maximum absolute atomic E-state index is 12.8. The molecule has 1 unspecified atom stereocenters. The average molecular weight is 320 g/mol. The first-order valence-corrected chi connectivity index (χ1v) is 8.15. The van der Waals surface area contributed by atoms with Gasteiger partial charge < -0.3 is 19.3 Å². The Bertz CT molecular complexity index is 545. The summed E-state index contributed by atoms with van der Waals surface area (Å²) >= 11 is 0. The van der Waals surface area contributed by atoms with Crippen molar-refractivity contribution in [2.75, 3.05) is 40.9 Å². The van der Waals surface area contributed by atoms with E-state index in [1.54, 1.807) is 14.2 Å². The lowest BCUT2D eigenvalue weighted by Gasteiger charge is -2.42. The van der Waals surface area contributed by atoms with Gasteiger partial charge in [0.05, 0.1) is 20.6 Å². The van der Waals surface area contributed by atoms with Crippen molar-refractivity contribution in [1.29, 1.82) is 0 Å². The first kappa shape index (κ1) is 17.6. The summed E-state index contributed by atoms with van der Waals surface area (Å²) in [5.41, 5.74) is 0.953. The molecule has 0 aliphatic carbocycles. The molecule has 0 aromatic heterocycles. The predicted octanol–water partition coefficient (Wildman–Crippen LogP) is 2.04. The van der Waals surface area contributed by atoms with Crippen LogP contribution >= 0.6 is 0 Å². The normalized spacial score (nSPS) is 19.0. The summed E-state index contributed by atoms with van der Waals surface area (Å²) in [6.45, 7) is 7.03. The smallest absolute Gasteiger partial charge is 0.227 e. The number of benzene rings is 1. The Morgan fingerprint density at radius 3 is 2.52 bits per heavy atom. The molecule has 1 aromatic rings. The van der Waals surface area contributed by atoms with Gasteiger partial charge in [0, 0.05) is 25.7 Å². The second-order valence-corrected chi connectivity index (χ2v) is 6.53. The number of rotatable bonds is 5. The van der Waals surface area contributed by atoms with Crippen LogP contribution in [0.3, 0.4) is 0 Å². The van der Waals surface area contributed by atoms with E-state index in [2.05, 4.69) is 25.8 Å². The highest BCUT2D eigenvalue weighted by Gasteiger charge is 2.30. The third-order valence-corrected chi connectivity index (χ3v) is 4.51. The molecule has 1 saturated heterocycles. The van der Waals surface area contributed by atoms with Gasteiger partial charge in [-0.25, -0.2) is 0 Å². The highest BCUT2D eigenvalue weighted by molar-refractivity contribution is 5.79. The van der Waals surface area contributed by atoms with Crippen LogP contribution in [0.1, 0.15) is 19.4 Å². The SMILES string of the molecule is COc1ccc(CC(=O)N2CCN(C)CC2C(C)C)cc1OC. The van der Waals surface area contributed by atoms with Crippen molar-refractivity contribution in [3.05, 3.63) is 23.8 Å². The Balaban J connectivity index is 2.11. The molecular weight excluding hydrogens is 292 g/mol. The Morgan fingerprint density at radius 2 is 1.91 bits per heavy atom. The maximum Gasteiger partial charge on any atom is 0.227 e. The van der Waals surface area contributed by atoms with E-state index in [0.29, 0.717) is 23.8 Å². The molecule has 23 heavy (non-hydrogen) atoms. The van der Waals surface area contributed by atoms with E-state index in [1.807, 2.05) is 23.1 Å². The average Bonchev–Trinajstić information content (AvgIpc) is 2.54. The van der Waals surface area contributed by atoms with E-state index >= 15 is 0 Å². The van der Waals surface area contributed by atoms with E-state index in [-0.39, 0.29) is 11.9 Å². The number of likely N-dealkylation sites (N-methyl/N-ethyl adjacent to an activating group) is 1. The van der Waals surface area contributed by atoms with Crippen molar-refractivity contribution in [3.8, 4) is 11.5 Å². The van der Waals surface area contributed by atoms with Gasteiger partial charge in [0.15, 0.2) is 11.5 Å². The number of ether oxygens (including phenoxy) is 2. The molecule has 0 saturated carbocycles. The van der Waals surface area contributed by atoms with Gasteiger partial charge in [-0.3, -0.25) is 4.79 Å². The fourth-order valence-electron chi connectivity index (χ4n) is 3.10. The number of hydrogen-bond acceptors (Lipinski definition) is 4. The van der Waals surface area contributed by atoms with Crippen molar-refractivity contribution >= 4 is 5.91 Å². The molecule has 128 valence electrons. The van der Waals surface area contributed by atoms with Crippen molar-refractivity contribution < 1.29 is 14.3 Å². The lowest BCUT2D eigenvalue weighted by atomic mass is 9.98. The van der Waals surface area contributed by atoms with E-state index in [1.165, 1.54) is 0 Å². The van der Waals surface area contributed by atoms with Crippen LogP contribution in [0.5, 0.6) is 11.5 Å². The van der Waals surface area contributed by atoms with E-state index < -0.39 is 0 Å². The van der Waals surface area contributed by atoms with Crippen molar-refractivity contribution in [3.63, 3.8) is 0 Å². The van der Waals surface area contributed by atoms with Crippen LogP contribution in [-0.2, 0) is 11.2 Å². The van der Waals surface area contributed by atoms with Gasteiger partial charge in [-0.05, 0) is 30.7 Å². The van der Waals surface area contributed by atoms with Gasteiger partial charge in [-0.1, -0.05) is 19.9 Å². The van der Waals surface area contributed by atoms with Crippen molar-refractivity contribution in [1.82, 2.24) is 9.80 Å². The van der Waals surface area contributed by atoms with Crippen LogP contribution in [0.25, 0.3) is 0 Å². The van der Waals surface area contributed by atoms with Crippen LogP contribution in [0.4, 0.5) is 0 Å². The molecule has 1 heterocycles. The summed E-state index contributed by atoms with van der Waals surface area (Å²) in [5.74, 6) is 1.98. The highest BCUT2D eigenvalue weighted by atomic mass is 16.5. The van der Waals surface area contributed by atoms with Gasteiger partial charge in [0.2, 0.25) is 5.91 Å². The van der Waals surface area contributed by atoms with Crippen LogP contribution < -0.4 is 9.47 Å². The fourth-order valence-corrected chi connectivity index (χ4v) is 3.10. The van der Waals surface area contributed by atoms with Gasteiger partial charge >= 0.3 is 0 Å². The Labute approximate surface area is 139 Å². The number of carbonyl (C=O) groups excluding carboxylic acids is 1. The molecule has 2 rings (SSSR count). The molecule has 5 nitrogen and oxygen atoms in total. The molecule has 0 radical (unpaired) electrons. The number of amides is 1. The molecule has 0 bridgehead atoms. The van der Waals surface area contributed by atoms with E-state index in [0.717, 1.165) is 25.2 Å². The van der Waals surface area contributed by atoms with Crippen molar-refractivity contribution in [2.24, 2.45) is 5.92 Å². The second-order valence-electron chi connectivity index (χ2n) is 6.53. The third kappa shape index (κ3) is 4.16. The Morgan fingerprint density at radius 1 is 1.22 bits per heavy atom. The zero-order valence-corrected chi connectivity index (χ0v) is 14.8. The summed E-state index contributed by atoms with van der Waals surface area (Å²) in [7, 11) is 5.34. The Kier molecular flexibility index (Phi) is 5.88. The molecule has 1 aromatic carbocycles. The van der Waals surface area contributed by atoms with E-state index in [4.69, 9.17) is 9.47 Å². The zero-order valence-electron chi connectivity index (χ0n) is 14.8. The quantitative estimate of drug-likeness (QED) is 0.833. The van der Waals surface area contributed by atoms with Gasteiger partial charge in [0.25, 0.3) is 0 Å². The van der Waals surface area contributed by atoms with Crippen LogP contribution in [0, 0.1) is 5.92 Å². The summed E-state index contributed by atoms with van der Waals surface area (Å²) in [6, 6.07) is 5.95. The Hall–Kier alpha value is -1.75. The fraction of sp³-hybridized carbons (Fsp3) is 0.611. The van der Waals surface area contributed by atoms with E-state index in [9.17, 15) is 4.79 Å². The monoisotopic (exact) mass is 320 g/mol. The molecular formula is C18H28N2O3. The molecule has 1 aliphatic heterocycles. The zero-order chi connectivity index (χ0) is 17.0. The van der Waals surface area contributed by atoms with Crippen LogP contribution in [0.15, 0.2) is 18.2 Å². The second kappa shape index (κ2) is 7.68. The largest absolute Gasteiger partial charge is 0.493 e. The number of hydrogen-bond donors (Lipinski definition) is 0. The molecule has 1 atom stereocenters. The molecule has 0 N–H and O–H groups in total.